The van der Waals surface area contributed by atoms with Gasteiger partial charge in [-0.3, -0.25) is 9.59 Å². The molecule has 0 aromatic heterocycles. The average Bonchev–Trinajstić information content (AvgIpc) is 2.22. The quantitative estimate of drug-likeness (QED) is 0.682. The third-order valence-electron chi connectivity index (χ3n) is 1.51. The highest BCUT2D eigenvalue weighted by atomic mass is 35.5. The number of carboxylic acids is 1. The second kappa shape index (κ2) is 6.81. The fourth-order valence-electron chi connectivity index (χ4n) is 0.620. The van der Waals surface area contributed by atoms with Gasteiger partial charge in [0.25, 0.3) is 0 Å². The summed E-state index contributed by atoms with van der Waals surface area (Å²) in [5, 5.41) is 17.3. The van der Waals surface area contributed by atoms with Crippen LogP contribution in [-0.2, 0) is 4.79 Å². The van der Waals surface area contributed by atoms with Gasteiger partial charge in [-0.25, -0.2) is 0 Å². The lowest BCUT2D eigenvalue weighted by molar-refractivity contribution is -0.138. The summed E-state index contributed by atoms with van der Waals surface area (Å²) < 4.78 is 0. The molecule has 0 saturated carbocycles. The Hall–Kier alpha value is -1.59. The minimum atomic E-state index is -0.963. The number of nitrogens with two attached hydrogens (primary N) is 1. The van der Waals surface area contributed by atoms with Crippen LogP contribution in [0.3, 0.4) is 0 Å². The summed E-state index contributed by atoms with van der Waals surface area (Å²) in [6.07, 6.45) is 0.557. The molecule has 88 valence electrons. The Morgan fingerprint density at radius 2 is 2.06 bits per heavy atom. The van der Waals surface area contributed by atoms with Crippen LogP contribution in [0.25, 0.3) is 0 Å². The minimum Gasteiger partial charge on any atom is -0.507 e. The second-order valence-corrected chi connectivity index (χ2v) is 3.38. The highest BCUT2D eigenvalue weighted by molar-refractivity contribution is 6.30. The predicted octanol–water partition coefficient (Wildman–Crippen LogP) is 1.28. The minimum absolute atomic E-state index is 0.0422. The molecule has 1 rings (SSSR count). The number of rotatable bonds is 2. The highest BCUT2D eigenvalue weighted by Gasteiger charge is 1.99. The van der Waals surface area contributed by atoms with Crippen molar-refractivity contribution in [2.24, 2.45) is 5.73 Å². The first-order valence-electron chi connectivity index (χ1n) is 4.30. The van der Waals surface area contributed by atoms with Crippen LogP contribution < -0.4 is 5.73 Å². The van der Waals surface area contributed by atoms with Crippen molar-refractivity contribution < 1.29 is 19.8 Å². The SMILES string of the molecule is CC(N)C(=O)O.O=Cc1cc(Cl)ccc1O. The van der Waals surface area contributed by atoms with Crippen molar-refractivity contribution >= 4 is 23.9 Å². The zero-order chi connectivity index (χ0) is 12.7. The first-order chi connectivity index (χ1) is 7.38. The van der Waals surface area contributed by atoms with Gasteiger partial charge in [0.15, 0.2) is 6.29 Å². The van der Waals surface area contributed by atoms with Gasteiger partial charge in [0.05, 0.1) is 5.56 Å². The molecule has 0 radical (unpaired) electrons. The maximum atomic E-state index is 10.2. The van der Waals surface area contributed by atoms with Crippen molar-refractivity contribution in [1.29, 1.82) is 0 Å². The molecule has 1 aromatic rings. The van der Waals surface area contributed by atoms with E-state index >= 15 is 0 Å². The average molecular weight is 246 g/mol. The normalized spacial score (nSPS) is 10.9. The standard InChI is InChI=1S/C7H5ClO2.C3H7NO2/c8-6-1-2-7(10)5(3-6)4-9;1-2(4)3(5)6/h1-4,10H;2H,4H2,1H3,(H,5,6). The van der Waals surface area contributed by atoms with Gasteiger partial charge in [-0.05, 0) is 25.1 Å². The molecule has 0 aliphatic carbocycles. The van der Waals surface area contributed by atoms with Gasteiger partial charge in [-0.15, -0.1) is 0 Å². The summed E-state index contributed by atoms with van der Waals surface area (Å²) in [5.74, 6) is -1.01. The Labute approximate surface area is 97.5 Å². The van der Waals surface area contributed by atoms with Crippen LogP contribution in [0.5, 0.6) is 5.75 Å². The van der Waals surface area contributed by atoms with Crippen molar-refractivity contribution in [3.63, 3.8) is 0 Å². The molecule has 4 N–H and O–H groups in total. The number of hydrogen-bond acceptors (Lipinski definition) is 4. The lowest BCUT2D eigenvalue weighted by Crippen LogP contribution is -2.25. The van der Waals surface area contributed by atoms with E-state index in [1.54, 1.807) is 0 Å². The van der Waals surface area contributed by atoms with Gasteiger partial charge < -0.3 is 15.9 Å². The molecule has 1 atom stereocenters. The first-order valence-corrected chi connectivity index (χ1v) is 4.68. The van der Waals surface area contributed by atoms with Crippen LogP contribution in [0.2, 0.25) is 5.02 Å². The Bertz CT molecular complexity index is 379. The van der Waals surface area contributed by atoms with Gasteiger partial charge in [-0.1, -0.05) is 11.6 Å². The number of carboxylic acid groups (broad SMARTS) is 1. The number of aromatic hydroxyl groups is 1. The third kappa shape index (κ3) is 5.33. The van der Waals surface area contributed by atoms with Crippen molar-refractivity contribution in [2.45, 2.75) is 13.0 Å². The van der Waals surface area contributed by atoms with Gasteiger partial charge >= 0.3 is 5.97 Å². The molecule has 16 heavy (non-hydrogen) atoms. The lowest BCUT2D eigenvalue weighted by Gasteiger charge is -1.94. The van der Waals surface area contributed by atoms with Crippen molar-refractivity contribution in [3.05, 3.63) is 28.8 Å². The Morgan fingerprint density at radius 1 is 1.56 bits per heavy atom. The number of hydrogen-bond donors (Lipinski definition) is 3. The monoisotopic (exact) mass is 245 g/mol. The Kier molecular flexibility index (Phi) is 6.14. The fraction of sp³-hybridized carbons (Fsp3) is 0.200. The van der Waals surface area contributed by atoms with Crippen LogP contribution in [0, 0.1) is 0 Å². The molecule has 5 nitrogen and oxygen atoms in total. The predicted molar refractivity (Wildman–Crippen MR) is 59.8 cm³/mol. The maximum absolute atomic E-state index is 10.2. The zero-order valence-electron chi connectivity index (χ0n) is 8.55. The van der Waals surface area contributed by atoms with E-state index in [1.807, 2.05) is 0 Å². The second-order valence-electron chi connectivity index (χ2n) is 2.95. The molecule has 0 bridgehead atoms. The van der Waals surface area contributed by atoms with E-state index in [0.29, 0.717) is 11.3 Å². The van der Waals surface area contributed by atoms with Crippen LogP contribution in [0.15, 0.2) is 18.2 Å². The Balaban J connectivity index is 0.000000325. The molecule has 0 heterocycles. The highest BCUT2D eigenvalue weighted by Crippen LogP contribution is 2.18. The van der Waals surface area contributed by atoms with E-state index < -0.39 is 12.0 Å². The number of aldehydes is 1. The number of phenolic OH excluding ortho intramolecular Hbond substituents is 1. The molecule has 0 aliphatic rings. The number of aliphatic carboxylic acids is 1. The molecule has 1 aromatic carbocycles. The third-order valence-corrected chi connectivity index (χ3v) is 1.74. The van der Waals surface area contributed by atoms with E-state index in [0.717, 1.165) is 0 Å². The van der Waals surface area contributed by atoms with Crippen molar-refractivity contribution in [3.8, 4) is 5.75 Å². The summed E-state index contributed by atoms with van der Waals surface area (Å²) in [7, 11) is 0. The van der Waals surface area contributed by atoms with E-state index in [1.165, 1.54) is 25.1 Å². The van der Waals surface area contributed by atoms with E-state index in [4.69, 9.17) is 27.5 Å². The molecule has 0 spiro atoms. The van der Waals surface area contributed by atoms with Crippen LogP contribution in [0.1, 0.15) is 17.3 Å². The van der Waals surface area contributed by atoms with Crippen LogP contribution >= 0.6 is 11.6 Å². The summed E-state index contributed by atoms with van der Waals surface area (Å²) in [6.45, 7) is 1.42. The number of benzene rings is 1. The summed E-state index contributed by atoms with van der Waals surface area (Å²) in [5.41, 5.74) is 5.05. The van der Waals surface area contributed by atoms with Gasteiger partial charge in [0.1, 0.15) is 11.8 Å². The van der Waals surface area contributed by atoms with E-state index in [-0.39, 0.29) is 11.3 Å². The van der Waals surface area contributed by atoms with Crippen LogP contribution in [-0.4, -0.2) is 28.5 Å². The molecule has 0 amide bonds. The molecular formula is C10H12ClNO4. The number of carbonyl (C=O) groups excluding carboxylic acids is 1. The molecular weight excluding hydrogens is 234 g/mol. The van der Waals surface area contributed by atoms with Gasteiger partial charge in [0.2, 0.25) is 0 Å². The summed E-state index contributed by atoms with van der Waals surface area (Å²) in [6, 6.07) is 3.57. The van der Waals surface area contributed by atoms with E-state index in [9.17, 15) is 9.59 Å². The number of carbonyl (C=O) groups is 2. The fourth-order valence-corrected chi connectivity index (χ4v) is 0.800. The molecule has 0 aliphatic heterocycles. The van der Waals surface area contributed by atoms with E-state index in [2.05, 4.69) is 0 Å². The lowest BCUT2D eigenvalue weighted by atomic mass is 10.2. The number of phenols is 1. The first kappa shape index (κ1) is 14.4. The maximum Gasteiger partial charge on any atom is 0.320 e. The number of halogens is 1. The largest absolute Gasteiger partial charge is 0.507 e. The van der Waals surface area contributed by atoms with Gasteiger partial charge in [0, 0.05) is 5.02 Å². The Morgan fingerprint density at radius 3 is 2.38 bits per heavy atom. The summed E-state index contributed by atoms with van der Waals surface area (Å²) >= 11 is 5.53. The molecule has 0 saturated heterocycles. The topological polar surface area (TPSA) is 101 Å². The molecule has 0 fully saturated rings. The zero-order valence-corrected chi connectivity index (χ0v) is 9.31. The molecule has 1 unspecified atom stereocenters. The van der Waals surface area contributed by atoms with Gasteiger partial charge in [-0.2, -0.15) is 0 Å². The van der Waals surface area contributed by atoms with Crippen molar-refractivity contribution in [1.82, 2.24) is 0 Å². The molecule has 6 heteroatoms. The van der Waals surface area contributed by atoms with Crippen molar-refractivity contribution in [2.75, 3.05) is 0 Å². The summed E-state index contributed by atoms with van der Waals surface area (Å²) in [4.78, 5) is 19.7. The van der Waals surface area contributed by atoms with Crippen LogP contribution in [0.4, 0.5) is 0 Å². The smallest absolute Gasteiger partial charge is 0.320 e.